The fourth-order valence-electron chi connectivity index (χ4n) is 3.62. The van der Waals surface area contributed by atoms with Gasteiger partial charge >= 0.3 is 0 Å². The number of amides is 1. The molecular formula is C20H22FN5O3S3. The number of sulfonamides is 1. The lowest BCUT2D eigenvalue weighted by Crippen LogP contribution is -2.37. The Labute approximate surface area is 194 Å². The molecule has 3 heterocycles. The molecule has 12 heteroatoms. The van der Waals surface area contributed by atoms with Crippen LogP contribution in [0.25, 0.3) is 10.7 Å². The lowest BCUT2D eigenvalue weighted by atomic mass is 10.3. The summed E-state index contributed by atoms with van der Waals surface area (Å²) in [5.41, 5.74) is 0. The normalized spacial score (nSPS) is 15.6. The molecule has 0 atom stereocenters. The number of hydrogen-bond acceptors (Lipinski definition) is 6. The van der Waals surface area contributed by atoms with Crippen LogP contribution in [-0.2, 0) is 21.4 Å². The zero-order valence-electron chi connectivity index (χ0n) is 17.1. The maximum atomic E-state index is 13.2. The molecule has 2 aromatic heterocycles. The molecule has 0 bridgehead atoms. The summed E-state index contributed by atoms with van der Waals surface area (Å²) in [6.45, 7) is 1.65. The van der Waals surface area contributed by atoms with Crippen molar-refractivity contribution in [2.24, 2.45) is 0 Å². The van der Waals surface area contributed by atoms with E-state index in [9.17, 15) is 17.6 Å². The fraction of sp³-hybridized carbons (Fsp3) is 0.350. The molecule has 1 fully saturated rings. The number of aromatic amines is 1. The quantitative estimate of drug-likeness (QED) is 0.531. The molecule has 1 saturated heterocycles. The summed E-state index contributed by atoms with van der Waals surface area (Å²) in [5, 5.41) is 9.00. The predicted molar refractivity (Wildman–Crippen MR) is 122 cm³/mol. The summed E-state index contributed by atoms with van der Waals surface area (Å²) < 4.78 is 42.5. The van der Waals surface area contributed by atoms with Gasteiger partial charge in [0.05, 0.1) is 9.77 Å². The first-order chi connectivity index (χ1) is 15.4. The smallest absolute Gasteiger partial charge is 0.243 e. The van der Waals surface area contributed by atoms with Crippen LogP contribution in [0.4, 0.5) is 4.39 Å². The van der Waals surface area contributed by atoms with Crippen LogP contribution in [0, 0.1) is 10.6 Å². The number of halogens is 1. The van der Waals surface area contributed by atoms with E-state index in [1.54, 1.807) is 16.2 Å². The lowest BCUT2D eigenvalue weighted by molar-refractivity contribution is -0.131. The average molecular weight is 496 g/mol. The summed E-state index contributed by atoms with van der Waals surface area (Å²) in [5.74, 6) is 0.146. The predicted octanol–water partition coefficient (Wildman–Crippen LogP) is 3.12. The maximum Gasteiger partial charge on any atom is 0.243 e. The number of thiophene rings is 1. The van der Waals surface area contributed by atoms with Gasteiger partial charge in [-0.15, -0.1) is 11.3 Å². The van der Waals surface area contributed by atoms with E-state index in [0.717, 1.165) is 17.0 Å². The standard InChI is InChI=1S/C20H22FN5O3S3/c21-15-4-6-16(7-5-15)32(28,29)25-10-2-9-24(12-13-25)18(27)8-11-26-19(22-23-20(26)30)17-3-1-14-31-17/h1,3-7,14H,2,8-13H2,(H,23,30). The second-order valence-electron chi connectivity index (χ2n) is 7.32. The minimum atomic E-state index is -3.74. The van der Waals surface area contributed by atoms with Crippen molar-refractivity contribution >= 4 is 39.5 Å². The van der Waals surface area contributed by atoms with Crippen molar-refractivity contribution in [2.45, 2.75) is 24.3 Å². The molecule has 0 unspecified atom stereocenters. The van der Waals surface area contributed by atoms with Crippen LogP contribution >= 0.6 is 23.6 Å². The van der Waals surface area contributed by atoms with E-state index >= 15 is 0 Å². The van der Waals surface area contributed by atoms with Gasteiger partial charge in [0.2, 0.25) is 15.9 Å². The van der Waals surface area contributed by atoms with Crippen molar-refractivity contribution in [1.29, 1.82) is 0 Å². The highest BCUT2D eigenvalue weighted by Crippen LogP contribution is 2.23. The van der Waals surface area contributed by atoms with Gasteiger partial charge in [0.1, 0.15) is 5.82 Å². The molecule has 3 aromatic rings. The number of nitrogens with one attached hydrogen (secondary N) is 1. The summed E-state index contributed by atoms with van der Waals surface area (Å²) in [4.78, 5) is 15.6. The van der Waals surface area contributed by atoms with E-state index in [1.165, 1.54) is 16.4 Å². The lowest BCUT2D eigenvalue weighted by Gasteiger charge is -2.22. The highest BCUT2D eigenvalue weighted by molar-refractivity contribution is 7.89. The van der Waals surface area contributed by atoms with Crippen LogP contribution in [0.15, 0.2) is 46.7 Å². The molecule has 170 valence electrons. The highest BCUT2D eigenvalue weighted by Gasteiger charge is 2.28. The minimum Gasteiger partial charge on any atom is -0.341 e. The molecule has 4 rings (SSSR count). The first-order valence-electron chi connectivity index (χ1n) is 10.1. The Bertz CT molecular complexity index is 1240. The van der Waals surface area contributed by atoms with Crippen LogP contribution in [0.5, 0.6) is 0 Å². The van der Waals surface area contributed by atoms with E-state index in [0.29, 0.717) is 43.2 Å². The van der Waals surface area contributed by atoms with Gasteiger partial charge in [-0.25, -0.2) is 12.8 Å². The SMILES string of the molecule is O=C(CCn1c(-c2cccs2)n[nH]c1=S)N1CCCN(S(=O)(=O)c2ccc(F)cc2)CC1. The third-order valence-electron chi connectivity index (χ3n) is 5.31. The molecule has 0 aliphatic carbocycles. The van der Waals surface area contributed by atoms with E-state index in [2.05, 4.69) is 10.2 Å². The molecule has 1 amide bonds. The number of benzene rings is 1. The average Bonchev–Trinajstić information content (AvgIpc) is 3.35. The van der Waals surface area contributed by atoms with Gasteiger partial charge in [-0.2, -0.15) is 9.40 Å². The Hall–Kier alpha value is -2.41. The van der Waals surface area contributed by atoms with E-state index in [4.69, 9.17) is 12.2 Å². The van der Waals surface area contributed by atoms with Crippen LogP contribution in [0.1, 0.15) is 12.8 Å². The topological polar surface area (TPSA) is 91.3 Å². The number of carbonyl (C=O) groups is 1. The van der Waals surface area contributed by atoms with E-state index in [1.807, 2.05) is 22.1 Å². The monoisotopic (exact) mass is 495 g/mol. The third-order valence-corrected chi connectivity index (χ3v) is 8.40. The van der Waals surface area contributed by atoms with E-state index < -0.39 is 15.8 Å². The van der Waals surface area contributed by atoms with Crippen molar-refractivity contribution in [3.05, 3.63) is 52.4 Å². The van der Waals surface area contributed by atoms with Gasteiger partial charge in [-0.1, -0.05) is 6.07 Å². The van der Waals surface area contributed by atoms with E-state index in [-0.39, 0.29) is 23.8 Å². The van der Waals surface area contributed by atoms with Gasteiger partial charge in [0.15, 0.2) is 10.6 Å². The van der Waals surface area contributed by atoms with Gasteiger partial charge in [-0.05, 0) is 54.4 Å². The Balaban J connectivity index is 1.39. The first-order valence-corrected chi connectivity index (χ1v) is 12.8. The summed E-state index contributed by atoms with van der Waals surface area (Å²) in [6.07, 6.45) is 0.759. The zero-order valence-corrected chi connectivity index (χ0v) is 19.6. The Morgan fingerprint density at radius 1 is 1.16 bits per heavy atom. The summed E-state index contributed by atoms with van der Waals surface area (Å²) in [6, 6.07) is 8.66. The van der Waals surface area contributed by atoms with Gasteiger partial charge in [-0.3, -0.25) is 14.5 Å². The van der Waals surface area contributed by atoms with Crippen molar-refractivity contribution in [3.63, 3.8) is 0 Å². The van der Waals surface area contributed by atoms with Gasteiger partial charge < -0.3 is 4.90 Å². The molecular weight excluding hydrogens is 473 g/mol. The molecule has 1 aliphatic heterocycles. The van der Waals surface area contributed by atoms with Crippen LogP contribution in [-0.4, -0.2) is 64.5 Å². The molecule has 1 aromatic carbocycles. The number of H-pyrrole nitrogens is 1. The Morgan fingerprint density at radius 2 is 1.94 bits per heavy atom. The third kappa shape index (κ3) is 4.82. The van der Waals surface area contributed by atoms with Crippen molar-refractivity contribution < 1.29 is 17.6 Å². The van der Waals surface area contributed by atoms with Gasteiger partial charge in [0, 0.05) is 39.1 Å². The zero-order chi connectivity index (χ0) is 22.7. The highest BCUT2D eigenvalue weighted by atomic mass is 32.2. The number of hydrogen-bond donors (Lipinski definition) is 1. The molecule has 8 nitrogen and oxygen atoms in total. The second-order valence-corrected chi connectivity index (χ2v) is 10.6. The number of nitrogens with zero attached hydrogens (tertiary/aromatic N) is 4. The number of aromatic nitrogens is 3. The summed E-state index contributed by atoms with van der Waals surface area (Å²) >= 11 is 6.86. The molecule has 0 radical (unpaired) electrons. The molecule has 1 N–H and O–H groups in total. The Kier molecular flexibility index (Phi) is 6.84. The van der Waals surface area contributed by atoms with Crippen LogP contribution in [0.3, 0.4) is 0 Å². The minimum absolute atomic E-state index is 0.0501. The number of rotatable bonds is 6. The largest absolute Gasteiger partial charge is 0.341 e. The molecule has 1 aliphatic rings. The molecule has 32 heavy (non-hydrogen) atoms. The first kappa shape index (κ1) is 22.8. The van der Waals surface area contributed by atoms with Gasteiger partial charge in [0.25, 0.3) is 0 Å². The van der Waals surface area contributed by atoms with Crippen LogP contribution < -0.4 is 0 Å². The summed E-state index contributed by atoms with van der Waals surface area (Å²) in [7, 11) is -3.74. The molecule has 0 saturated carbocycles. The van der Waals surface area contributed by atoms with Crippen molar-refractivity contribution in [2.75, 3.05) is 26.2 Å². The second kappa shape index (κ2) is 9.61. The van der Waals surface area contributed by atoms with Crippen molar-refractivity contribution in [3.8, 4) is 10.7 Å². The maximum absolute atomic E-state index is 13.2. The van der Waals surface area contributed by atoms with Crippen LogP contribution in [0.2, 0.25) is 0 Å². The Morgan fingerprint density at radius 3 is 2.66 bits per heavy atom. The molecule has 0 spiro atoms. The fourth-order valence-corrected chi connectivity index (χ4v) is 6.04. The number of carbonyl (C=O) groups excluding carboxylic acids is 1. The van der Waals surface area contributed by atoms with Crippen molar-refractivity contribution in [1.82, 2.24) is 24.0 Å².